The minimum atomic E-state index is -3.67. The predicted octanol–water partition coefficient (Wildman–Crippen LogP) is 1.90. The van der Waals surface area contributed by atoms with Crippen LogP contribution in [0.25, 0.3) is 0 Å². The van der Waals surface area contributed by atoms with Gasteiger partial charge in [0.1, 0.15) is 0 Å². The molecule has 6 nitrogen and oxygen atoms in total. The van der Waals surface area contributed by atoms with Crippen LogP contribution in [-0.4, -0.2) is 40.6 Å². The molecule has 2 aromatic carbocycles. The summed E-state index contributed by atoms with van der Waals surface area (Å²) in [6.45, 7) is 0.458. The van der Waals surface area contributed by atoms with Crippen molar-refractivity contribution in [1.29, 1.82) is 0 Å². The van der Waals surface area contributed by atoms with Gasteiger partial charge in [0.05, 0.1) is 11.5 Å². The van der Waals surface area contributed by atoms with E-state index in [1.54, 1.807) is 12.1 Å². The minimum absolute atomic E-state index is 0.0486. The Bertz CT molecular complexity index is 912. The molecule has 0 saturated heterocycles. The molecule has 0 radical (unpaired) electrons. The van der Waals surface area contributed by atoms with Gasteiger partial charge in [-0.3, -0.25) is 4.79 Å². The Morgan fingerprint density at radius 2 is 1.93 bits per heavy atom. The zero-order valence-corrected chi connectivity index (χ0v) is 16.1. The summed E-state index contributed by atoms with van der Waals surface area (Å²) in [6.07, 6.45) is 2.59. The van der Waals surface area contributed by atoms with E-state index in [1.807, 2.05) is 12.1 Å². The van der Waals surface area contributed by atoms with E-state index in [2.05, 4.69) is 22.2 Å². The standard InChI is InChI=1S/C20H24N2O4S/c1-26-12-11-21-27(24,25)19-8-4-7-17(14-19)20(23)22-18-10-9-15-5-2-3-6-16(15)13-18/h2-8,14,18,21H,9-13H2,1H3,(H,22,23). The van der Waals surface area contributed by atoms with Gasteiger partial charge in [0.25, 0.3) is 5.91 Å². The number of rotatable bonds is 7. The smallest absolute Gasteiger partial charge is 0.251 e. The molecule has 0 aromatic heterocycles. The number of fused-ring (bicyclic) bond motifs is 1. The van der Waals surface area contributed by atoms with Crippen molar-refractivity contribution >= 4 is 15.9 Å². The molecule has 1 aliphatic carbocycles. The van der Waals surface area contributed by atoms with Crippen LogP contribution in [0.2, 0.25) is 0 Å². The van der Waals surface area contributed by atoms with Gasteiger partial charge >= 0.3 is 0 Å². The number of methoxy groups -OCH3 is 1. The third-order valence-electron chi connectivity index (χ3n) is 4.69. The normalized spacial score (nSPS) is 16.6. The van der Waals surface area contributed by atoms with Gasteiger partial charge in [-0.1, -0.05) is 30.3 Å². The lowest BCUT2D eigenvalue weighted by atomic mass is 9.88. The van der Waals surface area contributed by atoms with Gasteiger partial charge in [-0.2, -0.15) is 0 Å². The third-order valence-corrected chi connectivity index (χ3v) is 6.15. The number of sulfonamides is 1. The highest BCUT2D eigenvalue weighted by atomic mass is 32.2. The van der Waals surface area contributed by atoms with Gasteiger partial charge in [-0.25, -0.2) is 13.1 Å². The Morgan fingerprint density at radius 3 is 2.70 bits per heavy atom. The van der Waals surface area contributed by atoms with E-state index in [4.69, 9.17) is 4.74 Å². The highest BCUT2D eigenvalue weighted by molar-refractivity contribution is 7.89. The Kier molecular flexibility index (Phi) is 6.26. The topological polar surface area (TPSA) is 84.5 Å². The van der Waals surface area contributed by atoms with Crippen molar-refractivity contribution in [3.05, 3.63) is 65.2 Å². The van der Waals surface area contributed by atoms with Crippen molar-refractivity contribution in [2.45, 2.75) is 30.2 Å². The fourth-order valence-electron chi connectivity index (χ4n) is 3.26. The number of nitrogens with one attached hydrogen (secondary N) is 2. The highest BCUT2D eigenvalue weighted by Crippen LogP contribution is 2.21. The second-order valence-corrected chi connectivity index (χ2v) is 8.37. The summed E-state index contributed by atoms with van der Waals surface area (Å²) in [5, 5.41) is 3.03. The summed E-state index contributed by atoms with van der Waals surface area (Å²) in [4.78, 5) is 12.7. The molecular weight excluding hydrogens is 364 g/mol. The quantitative estimate of drug-likeness (QED) is 0.710. The lowest BCUT2D eigenvalue weighted by Gasteiger charge is -2.25. The lowest BCUT2D eigenvalue weighted by Crippen LogP contribution is -2.39. The zero-order valence-electron chi connectivity index (χ0n) is 15.3. The average molecular weight is 388 g/mol. The van der Waals surface area contributed by atoms with Gasteiger partial charge in [0.15, 0.2) is 0 Å². The van der Waals surface area contributed by atoms with E-state index in [-0.39, 0.29) is 30.0 Å². The zero-order chi connectivity index (χ0) is 19.3. The van der Waals surface area contributed by atoms with Crippen LogP contribution in [0.5, 0.6) is 0 Å². The number of carbonyl (C=O) groups excluding carboxylic acids is 1. The first-order valence-corrected chi connectivity index (χ1v) is 10.4. The van der Waals surface area contributed by atoms with Crippen LogP contribution in [0, 0.1) is 0 Å². The number of hydrogen-bond donors (Lipinski definition) is 2. The molecule has 0 bridgehead atoms. The molecule has 2 N–H and O–H groups in total. The Labute approximate surface area is 160 Å². The summed E-state index contributed by atoms with van der Waals surface area (Å²) in [5.41, 5.74) is 2.93. The van der Waals surface area contributed by atoms with E-state index in [1.165, 1.54) is 30.4 Å². The molecule has 0 fully saturated rings. The van der Waals surface area contributed by atoms with Gasteiger partial charge < -0.3 is 10.1 Å². The van der Waals surface area contributed by atoms with Crippen LogP contribution in [0.15, 0.2) is 53.4 Å². The molecule has 0 aliphatic heterocycles. The highest BCUT2D eigenvalue weighted by Gasteiger charge is 2.21. The van der Waals surface area contributed by atoms with Crippen molar-refractivity contribution < 1.29 is 17.9 Å². The third kappa shape index (κ3) is 4.94. The molecule has 0 saturated carbocycles. The fraction of sp³-hybridized carbons (Fsp3) is 0.350. The van der Waals surface area contributed by atoms with Crippen molar-refractivity contribution in [3.8, 4) is 0 Å². The van der Waals surface area contributed by atoms with Crippen LogP contribution in [-0.2, 0) is 27.6 Å². The molecule has 27 heavy (non-hydrogen) atoms. The number of hydrogen-bond acceptors (Lipinski definition) is 4. The van der Waals surface area contributed by atoms with Crippen molar-refractivity contribution in [2.75, 3.05) is 20.3 Å². The monoisotopic (exact) mass is 388 g/mol. The first-order chi connectivity index (χ1) is 13.0. The van der Waals surface area contributed by atoms with E-state index < -0.39 is 10.0 Å². The van der Waals surface area contributed by atoms with Gasteiger partial charge in [-0.05, 0) is 48.6 Å². The number of carbonyl (C=O) groups is 1. The average Bonchev–Trinajstić information content (AvgIpc) is 2.68. The molecule has 1 aliphatic rings. The Balaban J connectivity index is 1.67. The maximum absolute atomic E-state index is 12.6. The second kappa shape index (κ2) is 8.65. The Morgan fingerprint density at radius 1 is 1.15 bits per heavy atom. The molecule has 1 atom stereocenters. The molecule has 0 heterocycles. The molecule has 2 aromatic rings. The Hall–Kier alpha value is -2.22. The van der Waals surface area contributed by atoms with E-state index >= 15 is 0 Å². The van der Waals surface area contributed by atoms with Gasteiger partial charge in [-0.15, -0.1) is 0 Å². The number of amides is 1. The van der Waals surface area contributed by atoms with Crippen LogP contribution in [0.1, 0.15) is 27.9 Å². The predicted molar refractivity (Wildman–Crippen MR) is 103 cm³/mol. The summed E-state index contributed by atoms with van der Waals surface area (Å²) in [5.74, 6) is -0.256. The van der Waals surface area contributed by atoms with Gasteiger partial charge in [0, 0.05) is 25.3 Å². The number of benzene rings is 2. The second-order valence-electron chi connectivity index (χ2n) is 6.60. The van der Waals surface area contributed by atoms with E-state index in [0.29, 0.717) is 5.56 Å². The number of ether oxygens (including phenoxy) is 1. The number of aryl methyl sites for hydroxylation is 1. The summed E-state index contributed by atoms with van der Waals surface area (Å²) in [7, 11) is -2.17. The molecule has 0 spiro atoms. The SMILES string of the molecule is COCCNS(=O)(=O)c1cccc(C(=O)NC2CCc3ccccc3C2)c1. The molecule has 144 valence electrons. The molecule has 3 rings (SSSR count). The van der Waals surface area contributed by atoms with E-state index in [9.17, 15) is 13.2 Å². The summed E-state index contributed by atoms with van der Waals surface area (Å²) >= 11 is 0. The van der Waals surface area contributed by atoms with Crippen LogP contribution in [0.3, 0.4) is 0 Å². The fourth-order valence-corrected chi connectivity index (χ4v) is 4.31. The molecule has 7 heteroatoms. The first kappa shape index (κ1) is 19.5. The molecular formula is C20H24N2O4S. The maximum atomic E-state index is 12.6. The molecule has 1 unspecified atom stereocenters. The summed E-state index contributed by atoms with van der Waals surface area (Å²) < 4.78 is 31.9. The largest absolute Gasteiger partial charge is 0.383 e. The first-order valence-electron chi connectivity index (χ1n) is 8.96. The maximum Gasteiger partial charge on any atom is 0.251 e. The summed E-state index contributed by atoms with van der Waals surface area (Å²) in [6, 6.07) is 14.4. The van der Waals surface area contributed by atoms with E-state index in [0.717, 1.165) is 19.3 Å². The van der Waals surface area contributed by atoms with Crippen molar-refractivity contribution in [1.82, 2.24) is 10.0 Å². The van der Waals surface area contributed by atoms with Crippen LogP contribution in [0.4, 0.5) is 0 Å². The minimum Gasteiger partial charge on any atom is -0.383 e. The van der Waals surface area contributed by atoms with Crippen molar-refractivity contribution in [3.63, 3.8) is 0 Å². The van der Waals surface area contributed by atoms with Crippen LogP contribution < -0.4 is 10.0 Å². The van der Waals surface area contributed by atoms with Gasteiger partial charge in [0.2, 0.25) is 10.0 Å². The lowest BCUT2D eigenvalue weighted by molar-refractivity contribution is 0.0933. The molecule has 1 amide bonds. The van der Waals surface area contributed by atoms with Crippen LogP contribution >= 0.6 is 0 Å². The van der Waals surface area contributed by atoms with Crippen molar-refractivity contribution in [2.24, 2.45) is 0 Å².